The summed E-state index contributed by atoms with van der Waals surface area (Å²) >= 11 is 1.40. The highest BCUT2D eigenvalue weighted by Gasteiger charge is 2.38. The maximum Gasteiger partial charge on any atom is 0.247 e. The second-order valence-corrected chi connectivity index (χ2v) is 7.52. The molecule has 0 saturated carbocycles. The van der Waals surface area contributed by atoms with Crippen LogP contribution in [0.5, 0.6) is 0 Å². The predicted octanol–water partition coefficient (Wildman–Crippen LogP) is 2.55. The fourth-order valence-corrected chi connectivity index (χ4v) is 3.44. The molecule has 1 aromatic rings. The third kappa shape index (κ3) is 6.36. The number of imide groups is 1. The van der Waals surface area contributed by atoms with Crippen LogP contribution >= 0.6 is 11.8 Å². The van der Waals surface area contributed by atoms with Gasteiger partial charge >= 0.3 is 0 Å². The minimum Gasteiger partial charge on any atom is -0.380 e. The molecular weight excluding hydrogens is 364 g/mol. The SMILES string of the molecule is CCCCOCCNC(=O)CCc1ccc(N2C(=O)CC(SC)C2=O)cc1. The molecule has 0 aromatic heterocycles. The van der Waals surface area contributed by atoms with Gasteiger partial charge in [-0.2, -0.15) is 11.8 Å². The Bertz CT molecular complexity index is 648. The summed E-state index contributed by atoms with van der Waals surface area (Å²) in [6, 6.07) is 7.27. The number of anilines is 1. The van der Waals surface area contributed by atoms with E-state index in [4.69, 9.17) is 4.74 Å². The summed E-state index contributed by atoms with van der Waals surface area (Å²) in [5.41, 5.74) is 1.59. The third-order valence-electron chi connectivity index (χ3n) is 4.44. The molecular formula is C20H28N2O4S. The lowest BCUT2D eigenvalue weighted by Crippen LogP contribution is -2.31. The van der Waals surface area contributed by atoms with Crippen LogP contribution < -0.4 is 10.2 Å². The fraction of sp³-hybridized carbons (Fsp3) is 0.550. The summed E-state index contributed by atoms with van der Waals surface area (Å²) < 4.78 is 5.41. The van der Waals surface area contributed by atoms with Crippen molar-refractivity contribution in [3.63, 3.8) is 0 Å². The topological polar surface area (TPSA) is 75.7 Å². The van der Waals surface area contributed by atoms with Crippen molar-refractivity contribution in [1.82, 2.24) is 5.32 Å². The van der Waals surface area contributed by atoms with Gasteiger partial charge in [0, 0.05) is 26.0 Å². The van der Waals surface area contributed by atoms with E-state index in [0.717, 1.165) is 25.0 Å². The standard InChI is InChI=1S/C20H28N2O4S/c1-3-4-12-26-13-11-21-18(23)10-7-15-5-8-16(9-6-15)22-19(24)14-17(27-2)20(22)25/h5-6,8-9,17H,3-4,7,10-14H2,1-2H3,(H,21,23). The number of carbonyl (C=O) groups is 3. The van der Waals surface area contributed by atoms with Crippen LogP contribution in [0.2, 0.25) is 0 Å². The zero-order valence-electron chi connectivity index (χ0n) is 16.0. The number of amides is 3. The van der Waals surface area contributed by atoms with E-state index < -0.39 is 0 Å². The van der Waals surface area contributed by atoms with E-state index in [2.05, 4.69) is 12.2 Å². The molecule has 1 aliphatic rings. The minimum absolute atomic E-state index is 0.00845. The normalized spacial score (nSPS) is 16.8. The number of carbonyl (C=O) groups excluding carboxylic acids is 3. The van der Waals surface area contributed by atoms with Gasteiger partial charge in [0.05, 0.1) is 17.5 Å². The lowest BCUT2D eigenvalue weighted by Gasteiger charge is -2.15. The van der Waals surface area contributed by atoms with Crippen molar-refractivity contribution < 1.29 is 19.1 Å². The van der Waals surface area contributed by atoms with Gasteiger partial charge in [-0.15, -0.1) is 0 Å². The number of nitrogens with zero attached hydrogens (tertiary/aromatic N) is 1. The van der Waals surface area contributed by atoms with Gasteiger partial charge in [0.2, 0.25) is 17.7 Å². The smallest absolute Gasteiger partial charge is 0.247 e. The second-order valence-electron chi connectivity index (χ2n) is 6.48. The first-order chi connectivity index (χ1) is 13.1. The summed E-state index contributed by atoms with van der Waals surface area (Å²) in [5, 5.41) is 2.56. The van der Waals surface area contributed by atoms with Crippen LogP contribution in [0.25, 0.3) is 0 Å². The van der Waals surface area contributed by atoms with Crippen molar-refractivity contribution in [2.75, 3.05) is 30.9 Å². The molecule has 1 N–H and O–H groups in total. The number of benzene rings is 1. The molecule has 2 rings (SSSR count). The highest BCUT2D eigenvalue weighted by atomic mass is 32.2. The summed E-state index contributed by atoms with van der Waals surface area (Å²) in [6.07, 6.45) is 5.23. The minimum atomic E-state index is -0.285. The molecule has 1 aromatic carbocycles. The molecule has 0 spiro atoms. The van der Waals surface area contributed by atoms with Crippen LogP contribution in [0.4, 0.5) is 5.69 Å². The Balaban J connectivity index is 1.75. The van der Waals surface area contributed by atoms with Crippen molar-refractivity contribution in [1.29, 1.82) is 0 Å². The van der Waals surface area contributed by atoms with E-state index in [1.54, 1.807) is 12.1 Å². The van der Waals surface area contributed by atoms with Crippen LogP contribution in [-0.2, 0) is 25.5 Å². The van der Waals surface area contributed by atoms with Crippen LogP contribution in [-0.4, -0.2) is 49.0 Å². The molecule has 1 saturated heterocycles. The molecule has 1 fully saturated rings. The molecule has 6 nitrogen and oxygen atoms in total. The highest BCUT2D eigenvalue weighted by molar-refractivity contribution is 8.00. The van der Waals surface area contributed by atoms with Gasteiger partial charge in [0.1, 0.15) is 0 Å². The van der Waals surface area contributed by atoms with Crippen molar-refractivity contribution in [3.05, 3.63) is 29.8 Å². The molecule has 0 aliphatic carbocycles. The number of ether oxygens (including phenoxy) is 1. The van der Waals surface area contributed by atoms with Crippen LogP contribution in [0, 0.1) is 0 Å². The van der Waals surface area contributed by atoms with Gasteiger partial charge in [-0.3, -0.25) is 14.4 Å². The first-order valence-electron chi connectivity index (χ1n) is 9.39. The lowest BCUT2D eigenvalue weighted by atomic mass is 10.1. The van der Waals surface area contributed by atoms with E-state index in [1.807, 2.05) is 18.4 Å². The van der Waals surface area contributed by atoms with E-state index in [0.29, 0.717) is 31.7 Å². The third-order valence-corrected chi connectivity index (χ3v) is 5.37. The number of thioether (sulfide) groups is 1. The zero-order chi connectivity index (χ0) is 19.6. The van der Waals surface area contributed by atoms with Crippen LogP contribution in [0.15, 0.2) is 24.3 Å². The Hall–Kier alpha value is -1.86. The Kier molecular flexibility index (Phi) is 8.81. The van der Waals surface area contributed by atoms with Crippen LogP contribution in [0.1, 0.15) is 38.2 Å². The number of hydrogen-bond acceptors (Lipinski definition) is 5. The van der Waals surface area contributed by atoms with E-state index in [1.165, 1.54) is 16.7 Å². The second kappa shape index (κ2) is 11.1. The maximum absolute atomic E-state index is 12.3. The number of nitrogens with one attached hydrogen (secondary N) is 1. The molecule has 148 valence electrons. The number of rotatable bonds is 11. The Morgan fingerprint density at radius 2 is 2.00 bits per heavy atom. The van der Waals surface area contributed by atoms with Gasteiger partial charge < -0.3 is 10.1 Å². The molecule has 0 radical (unpaired) electrons. The average molecular weight is 393 g/mol. The number of hydrogen-bond donors (Lipinski definition) is 1. The quantitative estimate of drug-likeness (QED) is 0.463. The molecule has 7 heteroatoms. The highest BCUT2D eigenvalue weighted by Crippen LogP contribution is 2.28. The molecule has 0 bridgehead atoms. The Morgan fingerprint density at radius 1 is 1.26 bits per heavy atom. The predicted molar refractivity (Wildman–Crippen MR) is 108 cm³/mol. The van der Waals surface area contributed by atoms with Crippen molar-refractivity contribution >= 4 is 35.2 Å². The Labute approximate surface area is 165 Å². The Morgan fingerprint density at radius 3 is 2.63 bits per heavy atom. The first kappa shape index (κ1) is 21.4. The van der Waals surface area contributed by atoms with Crippen molar-refractivity contribution in [2.24, 2.45) is 0 Å². The molecule has 1 atom stereocenters. The van der Waals surface area contributed by atoms with Gasteiger partial charge in [-0.05, 0) is 36.8 Å². The first-order valence-corrected chi connectivity index (χ1v) is 10.7. The fourth-order valence-electron chi connectivity index (χ4n) is 2.83. The number of aryl methyl sites for hydroxylation is 1. The van der Waals surface area contributed by atoms with Gasteiger partial charge in [-0.25, -0.2) is 4.90 Å². The lowest BCUT2D eigenvalue weighted by molar-refractivity contribution is -0.122. The summed E-state index contributed by atoms with van der Waals surface area (Å²) in [5.74, 6) is -0.320. The van der Waals surface area contributed by atoms with Crippen molar-refractivity contribution in [3.8, 4) is 0 Å². The summed E-state index contributed by atoms with van der Waals surface area (Å²) in [7, 11) is 0. The molecule has 1 unspecified atom stereocenters. The van der Waals surface area contributed by atoms with Crippen molar-refractivity contribution in [2.45, 2.75) is 44.3 Å². The molecule has 3 amide bonds. The van der Waals surface area contributed by atoms with Crippen LogP contribution in [0.3, 0.4) is 0 Å². The summed E-state index contributed by atoms with van der Waals surface area (Å²) in [4.78, 5) is 37.4. The molecule has 1 heterocycles. The molecule has 27 heavy (non-hydrogen) atoms. The monoisotopic (exact) mass is 392 g/mol. The van der Waals surface area contributed by atoms with Gasteiger partial charge in [0.15, 0.2) is 0 Å². The average Bonchev–Trinajstić information content (AvgIpc) is 2.97. The number of unbranched alkanes of at least 4 members (excludes halogenated alkanes) is 1. The van der Waals surface area contributed by atoms with Gasteiger partial charge in [0.25, 0.3) is 0 Å². The largest absolute Gasteiger partial charge is 0.380 e. The summed E-state index contributed by atoms with van der Waals surface area (Å²) in [6.45, 7) is 3.91. The van der Waals surface area contributed by atoms with E-state index in [-0.39, 0.29) is 29.4 Å². The molecule has 1 aliphatic heterocycles. The zero-order valence-corrected chi connectivity index (χ0v) is 16.8. The van der Waals surface area contributed by atoms with E-state index >= 15 is 0 Å². The maximum atomic E-state index is 12.3. The van der Waals surface area contributed by atoms with Gasteiger partial charge in [-0.1, -0.05) is 25.5 Å². The van der Waals surface area contributed by atoms with E-state index in [9.17, 15) is 14.4 Å².